The van der Waals surface area contributed by atoms with E-state index in [9.17, 15) is 40.3 Å². The van der Waals surface area contributed by atoms with Gasteiger partial charge in [0, 0.05) is 26.2 Å². The van der Waals surface area contributed by atoms with Crippen molar-refractivity contribution in [2.75, 3.05) is 26.2 Å². The van der Waals surface area contributed by atoms with Gasteiger partial charge < -0.3 is 10.0 Å². The minimum absolute atomic E-state index is 0.247. The van der Waals surface area contributed by atoms with Gasteiger partial charge in [0.1, 0.15) is 16.5 Å². The molecule has 1 amide bonds. The van der Waals surface area contributed by atoms with Crippen LogP contribution in [0.5, 0.6) is 0 Å². The van der Waals surface area contributed by atoms with Crippen molar-refractivity contribution >= 4 is 15.9 Å². The standard InChI is InChI=1S/C15H17F5N2O4S/c1-14(24,15(18,19)20)9-13(23)21-4-6-22(7-5-21)27(25,26)12-8-10(16)2-3-11(12)17/h2-3,8,24H,4-7,9H2,1H3/t14-/m0/s1. The summed E-state index contributed by atoms with van der Waals surface area (Å²) < 4.78 is 90.7. The summed E-state index contributed by atoms with van der Waals surface area (Å²) in [4.78, 5) is 12.1. The van der Waals surface area contributed by atoms with Crippen LogP contribution in [0.1, 0.15) is 13.3 Å². The van der Waals surface area contributed by atoms with Crippen LogP contribution in [-0.4, -0.2) is 66.6 Å². The number of sulfonamides is 1. The smallest absolute Gasteiger partial charge is 0.380 e. The first-order valence-electron chi connectivity index (χ1n) is 7.78. The number of rotatable bonds is 4. The van der Waals surface area contributed by atoms with Gasteiger partial charge in [0.05, 0.1) is 6.42 Å². The van der Waals surface area contributed by atoms with Crippen molar-refractivity contribution in [3.8, 4) is 0 Å². The SMILES string of the molecule is C[C@](O)(CC(=O)N1CCN(S(=O)(=O)c2cc(F)ccc2F)CC1)C(F)(F)F. The second kappa shape index (κ2) is 7.32. The first kappa shape index (κ1) is 21.5. The summed E-state index contributed by atoms with van der Waals surface area (Å²) in [6.07, 6.45) is -6.20. The molecule has 27 heavy (non-hydrogen) atoms. The third kappa shape index (κ3) is 4.55. The van der Waals surface area contributed by atoms with E-state index in [0.717, 1.165) is 15.3 Å². The Kier molecular flexibility index (Phi) is 5.83. The Morgan fingerprint density at radius 2 is 1.70 bits per heavy atom. The zero-order valence-electron chi connectivity index (χ0n) is 14.1. The fraction of sp³-hybridized carbons (Fsp3) is 0.533. The highest BCUT2D eigenvalue weighted by Gasteiger charge is 2.51. The maximum Gasteiger partial charge on any atom is 0.417 e. The van der Waals surface area contributed by atoms with Gasteiger partial charge in [-0.2, -0.15) is 17.5 Å². The van der Waals surface area contributed by atoms with Crippen molar-refractivity contribution in [1.82, 2.24) is 9.21 Å². The van der Waals surface area contributed by atoms with Gasteiger partial charge in [0.15, 0.2) is 5.60 Å². The highest BCUT2D eigenvalue weighted by molar-refractivity contribution is 7.89. The van der Waals surface area contributed by atoms with Gasteiger partial charge in [0.2, 0.25) is 15.9 Å². The zero-order chi connectivity index (χ0) is 20.6. The molecule has 1 aliphatic heterocycles. The predicted molar refractivity (Wildman–Crippen MR) is 83.0 cm³/mol. The fourth-order valence-electron chi connectivity index (χ4n) is 2.50. The maximum atomic E-state index is 13.8. The van der Waals surface area contributed by atoms with Crippen molar-refractivity contribution in [2.45, 2.75) is 30.0 Å². The van der Waals surface area contributed by atoms with Crippen LogP contribution in [0.3, 0.4) is 0 Å². The number of aliphatic hydroxyl groups is 1. The molecule has 1 aliphatic rings. The lowest BCUT2D eigenvalue weighted by atomic mass is 10.0. The van der Waals surface area contributed by atoms with Gasteiger partial charge >= 0.3 is 6.18 Å². The summed E-state index contributed by atoms with van der Waals surface area (Å²) in [7, 11) is -4.37. The summed E-state index contributed by atoms with van der Waals surface area (Å²) in [5, 5.41) is 9.38. The molecule has 1 N–H and O–H groups in total. The molecule has 0 bridgehead atoms. The summed E-state index contributed by atoms with van der Waals surface area (Å²) in [5.41, 5.74) is -3.21. The number of halogens is 5. The van der Waals surface area contributed by atoms with Gasteiger partial charge in [-0.3, -0.25) is 4.79 Å². The van der Waals surface area contributed by atoms with Crippen LogP contribution >= 0.6 is 0 Å². The Labute approximate surface area is 152 Å². The Hall–Kier alpha value is -1.79. The molecule has 0 spiro atoms. The number of piperazine rings is 1. The van der Waals surface area contributed by atoms with Gasteiger partial charge in [-0.05, 0) is 25.1 Å². The van der Waals surface area contributed by atoms with E-state index >= 15 is 0 Å². The van der Waals surface area contributed by atoms with Crippen LogP contribution in [0.2, 0.25) is 0 Å². The molecule has 1 atom stereocenters. The van der Waals surface area contributed by atoms with Gasteiger partial charge in [0.25, 0.3) is 0 Å². The molecular formula is C15H17F5N2O4S. The van der Waals surface area contributed by atoms with Crippen LogP contribution in [0.4, 0.5) is 22.0 Å². The minimum Gasteiger partial charge on any atom is -0.380 e. The molecule has 0 aliphatic carbocycles. The molecule has 12 heteroatoms. The number of amides is 1. The number of hydrogen-bond donors (Lipinski definition) is 1. The number of benzene rings is 1. The van der Waals surface area contributed by atoms with Crippen LogP contribution in [-0.2, 0) is 14.8 Å². The van der Waals surface area contributed by atoms with Crippen LogP contribution in [0.15, 0.2) is 23.1 Å². The van der Waals surface area contributed by atoms with Crippen LogP contribution in [0.25, 0.3) is 0 Å². The van der Waals surface area contributed by atoms with E-state index in [1.54, 1.807) is 0 Å². The molecule has 1 aromatic rings. The van der Waals surface area contributed by atoms with Crippen molar-refractivity contribution in [1.29, 1.82) is 0 Å². The summed E-state index contributed by atoms with van der Waals surface area (Å²) in [6.45, 7) is -0.638. The molecule has 0 aromatic heterocycles. The van der Waals surface area contributed by atoms with Gasteiger partial charge in [-0.25, -0.2) is 17.2 Å². The zero-order valence-corrected chi connectivity index (χ0v) is 14.9. The predicted octanol–water partition coefficient (Wildman–Crippen LogP) is 1.50. The topological polar surface area (TPSA) is 77.9 Å². The van der Waals surface area contributed by atoms with Crippen LogP contribution < -0.4 is 0 Å². The highest BCUT2D eigenvalue weighted by Crippen LogP contribution is 2.33. The average Bonchev–Trinajstić information content (AvgIpc) is 2.55. The number of hydrogen-bond acceptors (Lipinski definition) is 4. The molecule has 0 saturated carbocycles. The molecule has 1 aromatic carbocycles. The number of nitrogens with zero attached hydrogens (tertiary/aromatic N) is 2. The lowest BCUT2D eigenvalue weighted by Crippen LogP contribution is -2.53. The molecule has 2 rings (SSSR count). The first-order valence-corrected chi connectivity index (χ1v) is 9.22. The van der Waals surface area contributed by atoms with Crippen molar-refractivity contribution in [3.05, 3.63) is 29.8 Å². The van der Waals surface area contributed by atoms with Crippen molar-refractivity contribution < 1.29 is 40.3 Å². The number of alkyl halides is 3. The third-order valence-electron chi connectivity index (χ3n) is 4.21. The lowest BCUT2D eigenvalue weighted by molar-refractivity contribution is -0.254. The largest absolute Gasteiger partial charge is 0.417 e. The van der Waals surface area contributed by atoms with Crippen molar-refractivity contribution in [2.24, 2.45) is 0 Å². The Balaban J connectivity index is 2.07. The van der Waals surface area contributed by atoms with E-state index in [-0.39, 0.29) is 26.2 Å². The summed E-state index contributed by atoms with van der Waals surface area (Å²) in [6, 6.07) is 1.96. The molecule has 0 radical (unpaired) electrons. The first-order chi connectivity index (χ1) is 12.3. The Morgan fingerprint density at radius 3 is 2.22 bits per heavy atom. The maximum absolute atomic E-state index is 13.8. The van der Waals surface area contributed by atoms with E-state index in [2.05, 4.69) is 0 Å². The number of carbonyl (C=O) groups is 1. The molecule has 1 heterocycles. The van der Waals surface area contributed by atoms with Crippen LogP contribution in [0, 0.1) is 11.6 Å². The molecule has 1 fully saturated rings. The van der Waals surface area contributed by atoms with E-state index < -0.39 is 50.7 Å². The third-order valence-corrected chi connectivity index (χ3v) is 6.12. The van der Waals surface area contributed by atoms with E-state index in [1.807, 2.05) is 0 Å². The normalized spacial score (nSPS) is 19.0. The van der Waals surface area contributed by atoms with Gasteiger partial charge in [-0.1, -0.05) is 0 Å². The average molecular weight is 416 g/mol. The monoisotopic (exact) mass is 416 g/mol. The molecule has 6 nitrogen and oxygen atoms in total. The lowest BCUT2D eigenvalue weighted by Gasteiger charge is -2.35. The van der Waals surface area contributed by atoms with Crippen molar-refractivity contribution in [3.63, 3.8) is 0 Å². The van der Waals surface area contributed by atoms with E-state index in [0.29, 0.717) is 19.1 Å². The summed E-state index contributed by atoms with van der Waals surface area (Å²) >= 11 is 0. The molecular weight excluding hydrogens is 399 g/mol. The molecule has 152 valence electrons. The Morgan fingerprint density at radius 1 is 1.15 bits per heavy atom. The van der Waals surface area contributed by atoms with E-state index in [4.69, 9.17) is 0 Å². The number of carbonyl (C=O) groups excluding carboxylic acids is 1. The summed E-state index contributed by atoms with van der Waals surface area (Å²) in [5.74, 6) is -3.08. The second-order valence-electron chi connectivity index (χ2n) is 6.31. The quantitative estimate of drug-likeness (QED) is 0.755. The van der Waals surface area contributed by atoms with E-state index in [1.165, 1.54) is 0 Å². The Bertz CT molecular complexity index is 818. The fourth-order valence-corrected chi connectivity index (χ4v) is 4.00. The van der Waals surface area contributed by atoms with Gasteiger partial charge in [-0.15, -0.1) is 0 Å². The highest BCUT2D eigenvalue weighted by atomic mass is 32.2. The second-order valence-corrected chi connectivity index (χ2v) is 8.21. The molecule has 1 saturated heterocycles. The minimum atomic E-state index is -5.00. The molecule has 0 unspecified atom stereocenters.